The number of allylic oxidation sites excluding steroid dienone is 1. The molecule has 0 spiro atoms. The molecule has 0 aliphatic heterocycles. The summed E-state index contributed by atoms with van der Waals surface area (Å²) in [6.07, 6.45) is 3.66. The van der Waals surface area contributed by atoms with Gasteiger partial charge < -0.3 is 10.4 Å². The molecule has 0 saturated heterocycles. The molecule has 0 fully saturated rings. The predicted molar refractivity (Wildman–Crippen MR) is 48.4 cm³/mol. The van der Waals surface area contributed by atoms with Crippen LogP contribution >= 0.6 is 0 Å². The zero-order valence-corrected chi connectivity index (χ0v) is 7.85. The van der Waals surface area contributed by atoms with Crippen molar-refractivity contribution in [2.45, 2.75) is 26.8 Å². The van der Waals surface area contributed by atoms with E-state index >= 15 is 0 Å². The highest BCUT2D eigenvalue weighted by atomic mass is 19.3. The lowest BCUT2D eigenvalue weighted by Crippen LogP contribution is -2.13. The maximum atomic E-state index is 11.7. The molecule has 0 aromatic heterocycles. The fraction of sp³-hybridized carbons (Fsp3) is 0.556. The first-order chi connectivity index (χ1) is 6.10. The number of rotatable bonds is 5. The Morgan fingerprint density at radius 1 is 1.54 bits per heavy atom. The van der Waals surface area contributed by atoms with E-state index in [4.69, 9.17) is 5.11 Å². The number of hydrogen-bond donors (Lipinski definition) is 2. The molecule has 2 N–H and O–H groups in total. The summed E-state index contributed by atoms with van der Waals surface area (Å²) in [5.41, 5.74) is 1.50. The maximum Gasteiger partial charge on any atom is 0.312 e. The van der Waals surface area contributed by atoms with Crippen molar-refractivity contribution in [2.75, 3.05) is 6.61 Å². The molecule has 0 bridgehead atoms. The number of aliphatic hydroxyl groups is 1. The highest BCUT2D eigenvalue weighted by Gasteiger charge is 1.97. The summed E-state index contributed by atoms with van der Waals surface area (Å²) >= 11 is 0. The first kappa shape index (κ1) is 12.1. The highest BCUT2D eigenvalue weighted by Crippen LogP contribution is 2.04. The van der Waals surface area contributed by atoms with Crippen LogP contribution in [0.4, 0.5) is 8.78 Å². The summed E-state index contributed by atoms with van der Waals surface area (Å²) in [7, 11) is 0. The summed E-state index contributed by atoms with van der Waals surface area (Å²) in [6.45, 7) is 1.02. The van der Waals surface area contributed by atoms with Gasteiger partial charge in [-0.1, -0.05) is 18.6 Å². The SMILES string of the molecule is CC/C(C)=C\C(=C/NC(F)F)CO. The summed E-state index contributed by atoms with van der Waals surface area (Å²) in [5.74, 6) is 0. The van der Waals surface area contributed by atoms with E-state index in [2.05, 4.69) is 0 Å². The normalized spacial score (nSPS) is 13.7. The monoisotopic (exact) mass is 191 g/mol. The Labute approximate surface area is 77.0 Å². The molecule has 0 aromatic rings. The fourth-order valence-corrected chi connectivity index (χ4v) is 0.722. The molecule has 0 heterocycles. The van der Waals surface area contributed by atoms with Gasteiger partial charge in [-0.3, -0.25) is 0 Å². The van der Waals surface area contributed by atoms with Crippen LogP contribution in [0.2, 0.25) is 0 Å². The third kappa shape index (κ3) is 6.28. The topological polar surface area (TPSA) is 32.3 Å². The van der Waals surface area contributed by atoms with Crippen LogP contribution < -0.4 is 5.32 Å². The van der Waals surface area contributed by atoms with E-state index in [1.165, 1.54) is 0 Å². The molecular weight excluding hydrogens is 176 g/mol. The zero-order chi connectivity index (χ0) is 10.3. The van der Waals surface area contributed by atoms with Gasteiger partial charge in [0.2, 0.25) is 0 Å². The Kier molecular flexibility index (Phi) is 6.14. The molecule has 0 aliphatic rings. The summed E-state index contributed by atoms with van der Waals surface area (Å²) in [4.78, 5) is 0. The van der Waals surface area contributed by atoms with Gasteiger partial charge in [0.1, 0.15) is 0 Å². The molecule has 2 nitrogen and oxygen atoms in total. The molecule has 4 heteroatoms. The quantitative estimate of drug-likeness (QED) is 0.514. The summed E-state index contributed by atoms with van der Waals surface area (Å²) < 4.78 is 23.4. The third-order valence-corrected chi connectivity index (χ3v) is 1.57. The van der Waals surface area contributed by atoms with Crippen LogP contribution in [-0.2, 0) is 0 Å². The Balaban J connectivity index is 4.24. The van der Waals surface area contributed by atoms with Crippen LogP contribution in [0.25, 0.3) is 0 Å². The lowest BCUT2D eigenvalue weighted by molar-refractivity contribution is 0.124. The van der Waals surface area contributed by atoms with Crippen LogP contribution in [0.15, 0.2) is 23.4 Å². The minimum atomic E-state index is -2.59. The lowest BCUT2D eigenvalue weighted by Gasteiger charge is -2.02. The van der Waals surface area contributed by atoms with Gasteiger partial charge in [-0.2, -0.15) is 8.78 Å². The first-order valence-corrected chi connectivity index (χ1v) is 4.11. The van der Waals surface area contributed by atoms with E-state index in [1.54, 1.807) is 6.08 Å². The predicted octanol–water partition coefficient (Wildman–Crippen LogP) is 2.03. The number of alkyl halides is 2. The van der Waals surface area contributed by atoms with Gasteiger partial charge in [-0.15, -0.1) is 0 Å². The van der Waals surface area contributed by atoms with Gasteiger partial charge in [0.25, 0.3) is 0 Å². The molecular formula is C9H15F2NO. The van der Waals surface area contributed by atoms with Gasteiger partial charge in [-0.05, 0) is 18.9 Å². The smallest absolute Gasteiger partial charge is 0.312 e. The number of aliphatic hydroxyl groups excluding tert-OH is 1. The van der Waals surface area contributed by atoms with Crippen molar-refractivity contribution in [1.29, 1.82) is 0 Å². The third-order valence-electron chi connectivity index (χ3n) is 1.57. The van der Waals surface area contributed by atoms with Crippen molar-refractivity contribution < 1.29 is 13.9 Å². The zero-order valence-electron chi connectivity index (χ0n) is 7.85. The highest BCUT2D eigenvalue weighted by molar-refractivity contribution is 5.22. The molecule has 0 unspecified atom stereocenters. The number of nitrogens with one attached hydrogen (secondary N) is 1. The van der Waals surface area contributed by atoms with E-state index < -0.39 is 6.55 Å². The average molecular weight is 191 g/mol. The Hall–Kier alpha value is -0.900. The van der Waals surface area contributed by atoms with Crippen molar-refractivity contribution in [2.24, 2.45) is 0 Å². The van der Waals surface area contributed by atoms with Gasteiger partial charge in [0, 0.05) is 6.20 Å². The second kappa shape index (κ2) is 6.60. The van der Waals surface area contributed by atoms with Crippen molar-refractivity contribution in [3.8, 4) is 0 Å². The molecule has 0 saturated carbocycles. The van der Waals surface area contributed by atoms with E-state index in [0.29, 0.717) is 5.57 Å². The molecule has 0 rings (SSSR count). The molecule has 0 radical (unpaired) electrons. The van der Waals surface area contributed by atoms with Crippen molar-refractivity contribution in [3.63, 3.8) is 0 Å². The average Bonchev–Trinajstić information content (AvgIpc) is 2.11. The summed E-state index contributed by atoms with van der Waals surface area (Å²) in [5, 5.41) is 10.6. The van der Waals surface area contributed by atoms with E-state index in [0.717, 1.165) is 18.2 Å². The minimum absolute atomic E-state index is 0.239. The van der Waals surface area contributed by atoms with Crippen LogP contribution in [0.5, 0.6) is 0 Å². The van der Waals surface area contributed by atoms with Gasteiger partial charge >= 0.3 is 6.55 Å². The van der Waals surface area contributed by atoms with Crippen molar-refractivity contribution >= 4 is 0 Å². The Morgan fingerprint density at radius 3 is 2.54 bits per heavy atom. The first-order valence-electron chi connectivity index (χ1n) is 4.11. The van der Waals surface area contributed by atoms with Crippen molar-refractivity contribution in [1.82, 2.24) is 5.32 Å². The standard InChI is InChI=1S/C9H15F2NO/c1-3-7(2)4-8(6-13)5-12-9(10)11/h4-5,9,12-13H,3,6H2,1-2H3/b7-4-,8-5+. The minimum Gasteiger partial charge on any atom is -0.392 e. The van der Waals surface area contributed by atoms with Gasteiger partial charge in [-0.25, -0.2) is 0 Å². The molecule has 0 atom stereocenters. The molecule has 76 valence electrons. The second-order valence-electron chi connectivity index (χ2n) is 2.69. The summed E-state index contributed by atoms with van der Waals surface area (Å²) in [6, 6.07) is 0. The van der Waals surface area contributed by atoms with Crippen LogP contribution in [0.1, 0.15) is 20.3 Å². The molecule has 0 aromatic carbocycles. The Morgan fingerprint density at radius 2 is 2.15 bits per heavy atom. The van der Waals surface area contributed by atoms with E-state index in [1.807, 2.05) is 19.2 Å². The largest absolute Gasteiger partial charge is 0.392 e. The molecule has 13 heavy (non-hydrogen) atoms. The van der Waals surface area contributed by atoms with Crippen LogP contribution in [0, 0.1) is 0 Å². The lowest BCUT2D eigenvalue weighted by atomic mass is 10.1. The van der Waals surface area contributed by atoms with Crippen LogP contribution in [-0.4, -0.2) is 18.3 Å². The van der Waals surface area contributed by atoms with Crippen molar-refractivity contribution in [3.05, 3.63) is 23.4 Å². The second-order valence-corrected chi connectivity index (χ2v) is 2.69. The van der Waals surface area contributed by atoms with E-state index in [-0.39, 0.29) is 6.61 Å². The van der Waals surface area contributed by atoms with Gasteiger partial charge in [0.05, 0.1) is 6.61 Å². The molecule has 0 aliphatic carbocycles. The number of hydrogen-bond acceptors (Lipinski definition) is 2. The fourth-order valence-electron chi connectivity index (χ4n) is 0.722. The number of halogens is 2. The Bertz CT molecular complexity index is 200. The molecule has 0 amide bonds. The maximum absolute atomic E-state index is 11.7. The van der Waals surface area contributed by atoms with E-state index in [9.17, 15) is 8.78 Å². The van der Waals surface area contributed by atoms with Gasteiger partial charge in [0.15, 0.2) is 0 Å². The van der Waals surface area contributed by atoms with Crippen LogP contribution in [0.3, 0.4) is 0 Å².